The average molecular weight is 409 g/mol. The molecule has 0 radical (unpaired) electrons. The summed E-state index contributed by atoms with van der Waals surface area (Å²) in [6.07, 6.45) is 0. The number of nitro groups is 1. The molecular formula is C15H22ClN2O7P. The Kier molecular flexibility index (Phi) is 8.17. The highest BCUT2D eigenvalue weighted by Crippen LogP contribution is 2.48. The largest absolute Gasteiger partial charge is 0.464 e. The lowest BCUT2D eigenvalue weighted by Gasteiger charge is -2.31. The highest BCUT2D eigenvalue weighted by atomic mass is 35.5. The van der Waals surface area contributed by atoms with Gasteiger partial charge in [-0.05, 0) is 31.5 Å². The number of hydrogen-bond acceptors (Lipinski definition) is 7. The number of hydrogen-bond donors (Lipinski definition) is 1. The maximum Gasteiger partial charge on any atom is 0.406 e. The molecule has 2 atom stereocenters. The summed E-state index contributed by atoms with van der Waals surface area (Å²) in [5.74, 6) is -1.13. The molecule has 9 nitrogen and oxygen atoms in total. The van der Waals surface area contributed by atoms with Gasteiger partial charge in [-0.15, -0.1) is 0 Å². The van der Waals surface area contributed by atoms with Crippen molar-refractivity contribution in [3.63, 3.8) is 0 Å². The molecule has 0 saturated carbocycles. The second-order valence-corrected chi connectivity index (χ2v) is 7.55. The van der Waals surface area contributed by atoms with Crippen molar-refractivity contribution in [1.82, 2.24) is 5.09 Å². The normalized spacial score (nSPS) is 15.1. The van der Waals surface area contributed by atoms with Gasteiger partial charge in [0.05, 0.1) is 20.3 Å². The van der Waals surface area contributed by atoms with Gasteiger partial charge in [-0.1, -0.05) is 23.7 Å². The predicted molar refractivity (Wildman–Crippen MR) is 95.6 cm³/mol. The fourth-order valence-electron chi connectivity index (χ4n) is 2.33. The smallest absolute Gasteiger partial charge is 0.406 e. The van der Waals surface area contributed by atoms with Gasteiger partial charge in [0.15, 0.2) is 0 Å². The molecule has 1 aromatic rings. The summed E-state index contributed by atoms with van der Waals surface area (Å²) < 4.78 is 27.8. The van der Waals surface area contributed by atoms with Gasteiger partial charge in [-0.2, -0.15) is 0 Å². The van der Waals surface area contributed by atoms with Crippen LogP contribution in [0.3, 0.4) is 0 Å². The van der Waals surface area contributed by atoms with Crippen molar-refractivity contribution in [3.8, 4) is 0 Å². The lowest BCUT2D eigenvalue weighted by molar-refractivity contribution is -0.556. The second kappa shape index (κ2) is 9.43. The van der Waals surface area contributed by atoms with Crippen molar-refractivity contribution in [2.45, 2.75) is 32.4 Å². The van der Waals surface area contributed by atoms with Crippen LogP contribution in [-0.4, -0.2) is 36.8 Å². The number of halogens is 1. The van der Waals surface area contributed by atoms with Crippen LogP contribution in [0.15, 0.2) is 24.3 Å². The summed E-state index contributed by atoms with van der Waals surface area (Å²) in [6, 6.07) is 4.65. The van der Waals surface area contributed by atoms with E-state index < -0.39 is 30.2 Å². The van der Waals surface area contributed by atoms with Crippen molar-refractivity contribution < 1.29 is 28.1 Å². The van der Waals surface area contributed by atoms with E-state index in [9.17, 15) is 19.5 Å². The van der Waals surface area contributed by atoms with Gasteiger partial charge in [-0.3, -0.25) is 19.2 Å². The third-order valence-corrected chi connectivity index (χ3v) is 5.61. The minimum atomic E-state index is -3.95. The Morgan fingerprint density at radius 1 is 1.38 bits per heavy atom. The van der Waals surface area contributed by atoms with Gasteiger partial charge in [0.2, 0.25) is 0 Å². The summed E-state index contributed by atoms with van der Waals surface area (Å²) in [4.78, 5) is 23.2. The first kappa shape index (κ1) is 22.5. The third kappa shape index (κ3) is 5.02. The van der Waals surface area contributed by atoms with E-state index in [0.717, 1.165) is 14.0 Å². The fraction of sp³-hybridized carbons (Fsp3) is 0.533. The van der Waals surface area contributed by atoms with E-state index in [1.54, 1.807) is 26.0 Å². The van der Waals surface area contributed by atoms with Crippen LogP contribution in [0.5, 0.6) is 0 Å². The lowest BCUT2D eigenvalue weighted by Crippen LogP contribution is -2.53. The summed E-state index contributed by atoms with van der Waals surface area (Å²) in [7, 11) is -2.92. The topological polar surface area (TPSA) is 117 Å². The maximum absolute atomic E-state index is 12.9. The highest BCUT2D eigenvalue weighted by molar-refractivity contribution is 7.51. The minimum Gasteiger partial charge on any atom is -0.464 e. The minimum absolute atomic E-state index is 0.0277. The molecule has 0 amide bonds. The first-order valence-electron chi connectivity index (χ1n) is 7.79. The number of ether oxygens (including phenoxy) is 1. The number of nitrogens with one attached hydrogen (secondary N) is 1. The Morgan fingerprint density at radius 3 is 2.38 bits per heavy atom. The van der Waals surface area contributed by atoms with E-state index in [1.807, 2.05) is 0 Å². The number of nitrogens with zero attached hydrogens (tertiary/aromatic N) is 1. The van der Waals surface area contributed by atoms with Gasteiger partial charge < -0.3 is 4.74 Å². The van der Waals surface area contributed by atoms with Gasteiger partial charge >= 0.3 is 19.3 Å². The summed E-state index contributed by atoms with van der Waals surface area (Å²) >= 11 is 5.98. The molecule has 146 valence electrons. The number of benzene rings is 1. The zero-order valence-electron chi connectivity index (χ0n) is 14.9. The van der Waals surface area contributed by atoms with E-state index >= 15 is 0 Å². The number of carbonyl (C=O) groups excluding carboxylic acids is 1. The molecule has 0 aliphatic carbocycles. The maximum atomic E-state index is 12.9. The van der Waals surface area contributed by atoms with Crippen LogP contribution in [0.4, 0.5) is 0 Å². The Morgan fingerprint density at radius 2 is 1.96 bits per heavy atom. The van der Waals surface area contributed by atoms with E-state index in [-0.39, 0.29) is 23.8 Å². The molecule has 1 aromatic carbocycles. The van der Waals surface area contributed by atoms with Crippen LogP contribution in [0.2, 0.25) is 5.02 Å². The Labute approximate surface area is 156 Å². The van der Waals surface area contributed by atoms with Crippen LogP contribution in [0.25, 0.3) is 0 Å². The van der Waals surface area contributed by atoms with Crippen LogP contribution in [-0.2, 0) is 23.1 Å². The van der Waals surface area contributed by atoms with Gasteiger partial charge in [0, 0.05) is 16.9 Å². The summed E-state index contributed by atoms with van der Waals surface area (Å²) in [5, 5.41) is 14.6. The zero-order chi connectivity index (χ0) is 20.0. The molecular weight excluding hydrogens is 387 g/mol. The third-order valence-electron chi connectivity index (χ3n) is 3.61. The monoisotopic (exact) mass is 408 g/mol. The number of esters is 1. The number of rotatable bonds is 10. The molecule has 1 rings (SSSR count). The quantitative estimate of drug-likeness (QED) is 0.271. The number of carbonyl (C=O) groups is 1. The molecule has 0 spiro atoms. The zero-order valence-corrected chi connectivity index (χ0v) is 16.6. The first-order valence-corrected chi connectivity index (χ1v) is 9.72. The van der Waals surface area contributed by atoms with Gasteiger partial charge in [0.25, 0.3) is 0 Å². The Hall–Kier alpha value is -1.51. The molecule has 1 N–H and O–H groups in total. The molecule has 0 unspecified atom stereocenters. The molecule has 26 heavy (non-hydrogen) atoms. The van der Waals surface area contributed by atoms with Crippen LogP contribution < -0.4 is 5.09 Å². The van der Waals surface area contributed by atoms with Crippen molar-refractivity contribution in [1.29, 1.82) is 0 Å². The SMILES string of the molecule is CCOP(=O)(N[C@@H](c1cccc(Cl)c1)[C@@](C)(C(=O)OC)[N+](=O)[O-])OCC. The van der Waals surface area contributed by atoms with E-state index in [2.05, 4.69) is 9.82 Å². The fourth-order valence-corrected chi connectivity index (χ4v) is 4.14. The Bertz CT molecular complexity index is 692. The first-order chi connectivity index (χ1) is 12.1. The van der Waals surface area contributed by atoms with Crippen LogP contribution in [0, 0.1) is 10.1 Å². The lowest BCUT2D eigenvalue weighted by atomic mass is 9.88. The average Bonchev–Trinajstić information content (AvgIpc) is 2.58. The second-order valence-electron chi connectivity index (χ2n) is 5.35. The summed E-state index contributed by atoms with van der Waals surface area (Å²) in [6.45, 7) is 4.31. The molecule has 11 heteroatoms. The van der Waals surface area contributed by atoms with Gasteiger partial charge in [-0.25, -0.2) is 14.4 Å². The molecule has 0 aliphatic rings. The van der Waals surface area contributed by atoms with Crippen molar-refractivity contribution >= 4 is 25.3 Å². The molecule has 0 saturated heterocycles. The van der Waals surface area contributed by atoms with E-state index in [1.165, 1.54) is 12.1 Å². The Balaban J connectivity index is 3.54. The van der Waals surface area contributed by atoms with E-state index in [4.69, 9.17) is 20.6 Å². The van der Waals surface area contributed by atoms with E-state index in [0.29, 0.717) is 0 Å². The van der Waals surface area contributed by atoms with Gasteiger partial charge in [0.1, 0.15) is 6.04 Å². The van der Waals surface area contributed by atoms with Crippen LogP contribution >= 0.6 is 19.3 Å². The summed E-state index contributed by atoms with van der Waals surface area (Å²) in [5.41, 5.74) is -2.06. The molecule has 0 heterocycles. The highest BCUT2D eigenvalue weighted by Gasteiger charge is 2.57. The van der Waals surface area contributed by atoms with Crippen molar-refractivity contribution in [3.05, 3.63) is 45.0 Å². The standard InChI is InChI=1S/C15H22ClN2O7P/c1-5-24-26(22,25-6-2)17-13(11-8-7-9-12(16)10-11)15(3,18(20)21)14(19)23-4/h7-10,13H,5-6H2,1-4H3,(H,17,22)/t13-,15-/m0/s1. The van der Waals surface area contributed by atoms with Crippen molar-refractivity contribution in [2.24, 2.45) is 0 Å². The predicted octanol–water partition coefficient (Wildman–Crippen LogP) is 3.36. The number of methoxy groups -OCH3 is 1. The van der Waals surface area contributed by atoms with Crippen molar-refractivity contribution in [2.75, 3.05) is 20.3 Å². The van der Waals surface area contributed by atoms with Crippen LogP contribution in [0.1, 0.15) is 32.4 Å². The molecule has 0 aromatic heterocycles. The molecule has 0 aliphatic heterocycles. The molecule has 0 fully saturated rings. The molecule has 0 bridgehead atoms.